The summed E-state index contributed by atoms with van der Waals surface area (Å²) in [4.78, 5) is 0. The molecule has 1 aliphatic carbocycles. The zero-order chi connectivity index (χ0) is 16.0. The van der Waals surface area contributed by atoms with E-state index in [-0.39, 0.29) is 6.04 Å². The van der Waals surface area contributed by atoms with Gasteiger partial charge < -0.3 is 10.1 Å². The van der Waals surface area contributed by atoms with Crippen LogP contribution in [0, 0.1) is 12.8 Å². The fourth-order valence-electron chi connectivity index (χ4n) is 4.04. The van der Waals surface area contributed by atoms with Crippen molar-refractivity contribution in [2.45, 2.75) is 25.3 Å². The maximum atomic E-state index is 6.06. The standard InChI is InChI=1S/C20H20ClNO/c1-12-6-11-17(23-2)20-18(12)15-4-3-5-16(15)19(22-20)13-7-9-14(21)10-8-13/h3-4,6-11,15-16,19,22H,5H2,1-2H3/t15-,16+,19-/m1/s1. The van der Waals surface area contributed by atoms with Gasteiger partial charge >= 0.3 is 0 Å². The third kappa shape index (κ3) is 2.33. The first-order chi connectivity index (χ1) is 11.2. The molecule has 0 radical (unpaired) electrons. The smallest absolute Gasteiger partial charge is 0.142 e. The predicted molar refractivity (Wildman–Crippen MR) is 95.5 cm³/mol. The average Bonchev–Trinajstić information content (AvgIpc) is 3.04. The summed E-state index contributed by atoms with van der Waals surface area (Å²) in [5.74, 6) is 1.90. The van der Waals surface area contributed by atoms with Crippen LogP contribution in [0.3, 0.4) is 0 Å². The largest absolute Gasteiger partial charge is 0.495 e. The summed E-state index contributed by atoms with van der Waals surface area (Å²) >= 11 is 6.06. The number of ether oxygens (including phenoxy) is 1. The highest BCUT2D eigenvalue weighted by Gasteiger charge is 2.39. The Balaban J connectivity index is 1.84. The maximum Gasteiger partial charge on any atom is 0.142 e. The minimum absolute atomic E-state index is 0.274. The summed E-state index contributed by atoms with van der Waals surface area (Å²) in [6.45, 7) is 2.19. The van der Waals surface area contributed by atoms with Crippen LogP contribution in [-0.2, 0) is 0 Å². The summed E-state index contributed by atoms with van der Waals surface area (Å²) < 4.78 is 5.61. The molecule has 0 aromatic heterocycles. The van der Waals surface area contributed by atoms with Crippen LogP contribution in [0.1, 0.15) is 35.1 Å². The van der Waals surface area contributed by atoms with Crippen molar-refractivity contribution in [1.82, 2.24) is 0 Å². The molecule has 1 heterocycles. The summed E-state index contributed by atoms with van der Waals surface area (Å²) in [6.07, 6.45) is 5.77. The van der Waals surface area contributed by atoms with Crippen molar-refractivity contribution < 1.29 is 4.74 Å². The molecule has 0 unspecified atom stereocenters. The van der Waals surface area contributed by atoms with Crippen molar-refractivity contribution in [2.75, 3.05) is 12.4 Å². The number of hydrogen-bond donors (Lipinski definition) is 1. The lowest BCUT2D eigenvalue weighted by atomic mass is 9.75. The van der Waals surface area contributed by atoms with E-state index in [1.54, 1.807) is 7.11 Å². The normalized spacial score (nSPS) is 24.7. The average molecular weight is 326 g/mol. The highest BCUT2D eigenvalue weighted by atomic mass is 35.5. The van der Waals surface area contributed by atoms with Crippen molar-refractivity contribution in [2.24, 2.45) is 5.92 Å². The van der Waals surface area contributed by atoms with Gasteiger partial charge in [-0.05, 0) is 54.2 Å². The molecule has 2 aromatic rings. The molecule has 3 atom stereocenters. The number of hydrogen-bond acceptors (Lipinski definition) is 2. The van der Waals surface area contributed by atoms with Crippen molar-refractivity contribution in [3.63, 3.8) is 0 Å². The number of benzene rings is 2. The van der Waals surface area contributed by atoms with Gasteiger partial charge in [0.15, 0.2) is 0 Å². The van der Waals surface area contributed by atoms with Crippen molar-refractivity contribution in [1.29, 1.82) is 0 Å². The quantitative estimate of drug-likeness (QED) is 0.738. The molecular formula is C20H20ClNO. The van der Waals surface area contributed by atoms with Gasteiger partial charge in [0.2, 0.25) is 0 Å². The van der Waals surface area contributed by atoms with E-state index >= 15 is 0 Å². The first-order valence-corrected chi connectivity index (χ1v) is 8.43. The Bertz CT molecular complexity index is 766. The van der Waals surface area contributed by atoms with Gasteiger partial charge in [-0.1, -0.05) is 42.0 Å². The predicted octanol–water partition coefficient (Wildman–Crippen LogP) is 5.48. The molecule has 0 bridgehead atoms. The SMILES string of the molecule is COc1ccc(C)c2c1N[C@H](c1ccc(Cl)cc1)[C@H]1CC=C[C@@H]21. The van der Waals surface area contributed by atoms with Gasteiger partial charge in [0, 0.05) is 10.9 Å². The lowest BCUT2D eigenvalue weighted by molar-refractivity contribution is 0.396. The minimum atomic E-state index is 0.274. The maximum absolute atomic E-state index is 6.06. The second-order valence-corrected chi connectivity index (χ2v) is 6.84. The second-order valence-electron chi connectivity index (χ2n) is 6.40. The first-order valence-electron chi connectivity index (χ1n) is 8.05. The summed E-state index contributed by atoms with van der Waals surface area (Å²) in [5, 5.41) is 4.53. The van der Waals surface area contributed by atoms with Crippen molar-refractivity contribution in [3.8, 4) is 5.75 Å². The second kappa shape index (κ2) is 5.61. The Morgan fingerprint density at radius 2 is 1.91 bits per heavy atom. The fraction of sp³-hybridized carbons (Fsp3) is 0.300. The highest BCUT2D eigenvalue weighted by Crippen LogP contribution is 2.53. The van der Waals surface area contributed by atoms with E-state index in [0.29, 0.717) is 11.8 Å². The Kier molecular flexibility index (Phi) is 3.57. The molecule has 1 aliphatic heterocycles. The summed E-state index contributed by atoms with van der Waals surface area (Å²) in [7, 11) is 1.74. The Morgan fingerprint density at radius 1 is 1.13 bits per heavy atom. The molecular weight excluding hydrogens is 306 g/mol. The minimum Gasteiger partial charge on any atom is -0.495 e. The van der Waals surface area contributed by atoms with Gasteiger partial charge in [0.05, 0.1) is 18.8 Å². The zero-order valence-electron chi connectivity index (χ0n) is 13.3. The fourth-order valence-corrected chi connectivity index (χ4v) is 4.17. The van der Waals surface area contributed by atoms with Gasteiger partial charge in [-0.2, -0.15) is 0 Å². The summed E-state index contributed by atoms with van der Waals surface area (Å²) in [5.41, 5.74) is 5.13. The van der Waals surface area contributed by atoms with E-state index < -0.39 is 0 Å². The molecule has 0 saturated carbocycles. The van der Waals surface area contributed by atoms with Crippen LogP contribution in [0.15, 0.2) is 48.6 Å². The third-order valence-corrected chi connectivity index (χ3v) is 5.40. The van der Waals surface area contributed by atoms with Crippen LogP contribution in [0.2, 0.25) is 5.02 Å². The van der Waals surface area contributed by atoms with Crippen molar-refractivity contribution >= 4 is 17.3 Å². The van der Waals surface area contributed by atoms with Gasteiger partial charge in [0.1, 0.15) is 5.75 Å². The number of aryl methyl sites for hydroxylation is 1. The van der Waals surface area contributed by atoms with E-state index in [4.69, 9.17) is 16.3 Å². The third-order valence-electron chi connectivity index (χ3n) is 5.15. The number of rotatable bonds is 2. The number of nitrogens with one attached hydrogen (secondary N) is 1. The number of methoxy groups -OCH3 is 1. The summed E-state index contributed by atoms with van der Waals surface area (Å²) in [6, 6.07) is 12.7. The van der Waals surface area contributed by atoms with E-state index in [1.165, 1.54) is 16.7 Å². The van der Waals surface area contributed by atoms with E-state index in [0.717, 1.165) is 22.9 Å². The zero-order valence-corrected chi connectivity index (χ0v) is 14.1. The van der Waals surface area contributed by atoms with Crippen LogP contribution in [-0.4, -0.2) is 7.11 Å². The van der Waals surface area contributed by atoms with E-state index in [2.05, 4.69) is 48.7 Å². The molecule has 0 amide bonds. The van der Waals surface area contributed by atoms with E-state index in [1.807, 2.05) is 12.1 Å². The molecule has 3 heteroatoms. The molecule has 0 fully saturated rings. The Morgan fingerprint density at radius 3 is 2.65 bits per heavy atom. The Labute approximate surface area is 142 Å². The Hall–Kier alpha value is -1.93. The molecule has 0 saturated heterocycles. The van der Waals surface area contributed by atoms with E-state index in [9.17, 15) is 0 Å². The highest BCUT2D eigenvalue weighted by molar-refractivity contribution is 6.30. The van der Waals surface area contributed by atoms with Crippen molar-refractivity contribution in [3.05, 3.63) is 70.3 Å². The molecule has 118 valence electrons. The van der Waals surface area contributed by atoms with Gasteiger partial charge in [-0.3, -0.25) is 0 Å². The molecule has 1 N–H and O–H groups in total. The number of halogens is 1. The lowest BCUT2D eigenvalue weighted by Crippen LogP contribution is -2.30. The topological polar surface area (TPSA) is 21.3 Å². The molecule has 4 rings (SSSR count). The van der Waals surface area contributed by atoms with Gasteiger partial charge in [-0.15, -0.1) is 0 Å². The van der Waals surface area contributed by atoms with Gasteiger partial charge in [-0.25, -0.2) is 0 Å². The molecule has 2 aromatic carbocycles. The van der Waals surface area contributed by atoms with Crippen LogP contribution in [0.4, 0.5) is 5.69 Å². The number of fused-ring (bicyclic) bond motifs is 3. The molecule has 2 nitrogen and oxygen atoms in total. The van der Waals surface area contributed by atoms with Gasteiger partial charge in [0.25, 0.3) is 0 Å². The van der Waals surface area contributed by atoms with Crippen LogP contribution in [0.5, 0.6) is 5.75 Å². The molecule has 0 spiro atoms. The van der Waals surface area contributed by atoms with Crippen LogP contribution in [0.25, 0.3) is 0 Å². The number of anilines is 1. The lowest BCUT2D eigenvalue weighted by Gasteiger charge is -2.39. The van der Waals surface area contributed by atoms with Crippen LogP contribution >= 0.6 is 11.6 Å². The molecule has 23 heavy (non-hydrogen) atoms. The number of allylic oxidation sites excluding steroid dienone is 2. The first kappa shape index (κ1) is 14.6. The monoisotopic (exact) mass is 325 g/mol. The molecule has 2 aliphatic rings. The van der Waals surface area contributed by atoms with Crippen LogP contribution < -0.4 is 10.1 Å².